The third-order valence-electron chi connectivity index (χ3n) is 4.28. The highest BCUT2D eigenvalue weighted by Gasteiger charge is 2.21. The SMILES string of the molecule is Cc1cc(C)nc(SCCCC(=O)Nc2sc3c(c2C#N)CCCC3)n1. The number of amides is 1. The minimum atomic E-state index is -0.0259. The van der Waals surface area contributed by atoms with E-state index in [1.54, 1.807) is 23.1 Å². The molecule has 1 N–H and O–H groups in total. The standard InChI is InChI=1S/C19H22N4OS2/c1-12-10-13(2)22-19(21-12)25-9-5-8-17(24)23-18-15(11-20)14-6-3-4-7-16(14)26-18/h10H,3-9H2,1-2H3,(H,23,24). The minimum absolute atomic E-state index is 0.0259. The molecule has 2 aromatic rings. The Balaban J connectivity index is 1.50. The molecule has 7 heteroatoms. The molecule has 0 unspecified atom stereocenters. The van der Waals surface area contributed by atoms with Crippen molar-refractivity contribution in [1.29, 1.82) is 5.26 Å². The Morgan fingerprint density at radius 3 is 2.77 bits per heavy atom. The van der Waals surface area contributed by atoms with Crippen LogP contribution in [0.2, 0.25) is 0 Å². The highest BCUT2D eigenvalue weighted by atomic mass is 32.2. The average Bonchev–Trinajstić information content (AvgIpc) is 2.94. The number of carbonyl (C=O) groups excluding carboxylic acids is 1. The number of carbonyl (C=O) groups is 1. The first-order valence-corrected chi connectivity index (χ1v) is 10.7. The molecule has 1 aliphatic rings. The van der Waals surface area contributed by atoms with Gasteiger partial charge in [-0.1, -0.05) is 11.8 Å². The van der Waals surface area contributed by atoms with Gasteiger partial charge in [-0.2, -0.15) is 5.26 Å². The Morgan fingerprint density at radius 2 is 2.04 bits per heavy atom. The summed E-state index contributed by atoms with van der Waals surface area (Å²) in [4.78, 5) is 22.3. The van der Waals surface area contributed by atoms with Crippen molar-refractivity contribution in [3.8, 4) is 6.07 Å². The van der Waals surface area contributed by atoms with Gasteiger partial charge in [-0.05, 0) is 57.6 Å². The maximum absolute atomic E-state index is 12.3. The molecule has 0 bridgehead atoms. The predicted octanol–water partition coefficient (Wildman–Crippen LogP) is 4.42. The number of nitrogens with zero attached hydrogens (tertiary/aromatic N) is 3. The lowest BCUT2D eigenvalue weighted by atomic mass is 9.96. The maximum Gasteiger partial charge on any atom is 0.225 e. The number of anilines is 1. The van der Waals surface area contributed by atoms with Crippen LogP contribution in [0.4, 0.5) is 5.00 Å². The quantitative estimate of drug-likeness (QED) is 0.452. The maximum atomic E-state index is 12.3. The summed E-state index contributed by atoms with van der Waals surface area (Å²) in [5, 5.41) is 13.9. The summed E-state index contributed by atoms with van der Waals surface area (Å²) >= 11 is 3.15. The van der Waals surface area contributed by atoms with Crippen LogP contribution in [0.15, 0.2) is 11.2 Å². The lowest BCUT2D eigenvalue weighted by Gasteiger charge is -2.09. The number of thioether (sulfide) groups is 1. The van der Waals surface area contributed by atoms with Crippen molar-refractivity contribution in [3.63, 3.8) is 0 Å². The molecule has 2 heterocycles. The average molecular weight is 387 g/mol. The summed E-state index contributed by atoms with van der Waals surface area (Å²) < 4.78 is 0. The van der Waals surface area contributed by atoms with Crippen LogP contribution in [0, 0.1) is 25.2 Å². The number of aromatic nitrogens is 2. The van der Waals surface area contributed by atoms with Gasteiger partial charge < -0.3 is 5.32 Å². The number of thiophene rings is 1. The van der Waals surface area contributed by atoms with E-state index in [1.165, 1.54) is 11.3 Å². The largest absolute Gasteiger partial charge is 0.317 e. The Bertz CT molecular complexity index is 834. The second-order valence-electron chi connectivity index (χ2n) is 6.46. The van der Waals surface area contributed by atoms with E-state index >= 15 is 0 Å². The molecule has 0 spiro atoms. The van der Waals surface area contributed by atoms with E-state index in [0.29, 0.717) is 12.0 Å². The van der Waals surface area contributed by atoms with Crippen molar-refractivity contribution in [3.05, 3.63) is 33.5 Å². The Labute approximate surface area is 162 Å². The molecule has 0 aromatic carbocycles. The first-order valence-electron chi connectivity index (χ1n) is 8.86. The lowest BCUT2D eigenvalue weighted by molar-refractivity contribution is -0.116. The zero-order chi connectivity index (χ0) is 18.5. The van der Waals surface area contributed by atoms with Gasteiger partial charge in [0.1, 0.15) is 11.1 Å². The number of nitriles is 1. The number of hydrogen-bond acceptors (Lipinski definition) is 6. The van der Waals surface area contributed by atoms with Crippen molar-refractivity contribution in [2.24, 2.45) is 0 Å². The zero-order valence-electron chi connectivity index (χ0n) is 15.1. The highest BCUT2D eigenvalue weighted by Crippen LogP contribution is 2.37. The number of hydrogen-bond donors (Lipinski definition) is 1. The van der Waals surface area contributed by atoms with E-state index < -0.39 is 0 Å². The summed E-state index contributed by atoms with van der Waals surface area (Å²) in [5.41, 5.74) is 3.75. The van der Waals surface area contributed by atoms with Crippen LogP contribution in [0.5, 0.6) is 0 Å². The monoisotopic (exact) mass is 386 g/mol. The third kappa shape index (κ3) is 4.63. The lowest BCUT2D eigenvalue weighted by Crippen LogP contribution is -2.11. The van der Waals surface area contributed by atoms with Gasteiger partial charge in [-0.3, -0.25) is 4.79 Å². The minimum Gasteiger partial charge on any atom is -0.317 e. The molecule has 26 heavy (non-hydrogen) atoms. The van der Waals surface area contributed by atoms with Gasteiger partial charge in [-0.25, -0.2) is 9.97 Å². The van der Waals surface area contributed by atoms with Crippen LogP contribution in [0.25, 0.3) is 0 Å². The van der Waals surface area contributed by atoms with E-state index in [9.17, 15) is 10.1 Å². The van der Waals surface area contributed by atoms with Gasteiger partial charge >= 0.3 is 0 Å². The van der Waals surface area contributed by atoms with Crippen LogP contribution in [-0.2, 0) is 17.6 Å². The number of aryl methyl sites for hydroxylation is 3. The van der Waals surface area contributed by atoms with Crippen LogP contribution in [0.3, 0.4) is 0 Å². The van der Waals surface area contributed by atoms with Crippen LogP contribution in [-0.4, -0.2) is 21.6 Å². The molecular weight excluding hydrogens is 364 g/mol. The third-order valence-corrected chi connectivity index (χ3v) is 6.42. The van der Waals surface area contributed by atoms with Gasteiger partial charge in [0.2, 0.25) is 5.91 Å². The Hall–Kier alpha value is -1.91. The normalized spacial score (nSPS) is 13.1. The van der Waals surface area contributed by atoms with Gasteiger partial charge in [0.25, 0.3) is 0 Å². The molecule has 0 fully saturated rings. The van der Waals surface area contributed by atoms with Gasteiger partial charge in [-0.15, -0.1) is 11.3 Å². The van der Waals surface area contributed by atoms with E-state index in [0.717, 1.165) is 58.5 Å². The number of fused-ring (bicyclic) bond motifs is 1. The summed E-state index contributed by atoms with van der Waals surface area (Å²) in [7, 11) is 0. The van der Waals surface area contributed by atoms with Crippen molar-refractivity contribution >= 4 is 34.0 Å². The fourth-order valence-corrected chi connectivity index (χ4v) is 5.26. The Kier molecular flexibility index (Phi) is 6.28. The zero-order valence-corrected chi connectivity index (χ0v) is 16.7. The molecule has 1 aliphatic carbocycles. The van der Waals surface area contributed by atoms with Crippen LogP contribution < -0.4 is 5.32 Å². The smallest absolute Gasteiger partial charge is 0.225 e. The van der Waals surface area contributed by atoms with E-state index in [2.05, 4.69) is 21.4 Å². The summed E-state index contributed by atoms with van der Waals surface area (Å²) in [6, 6.07) is 4.23. The molecule has 0 atom stereocenters. The van der Waals surface area contributed by atoms with E-state index in [1.807, 2.05) is 19.9 Å². The molecule has 136 valence electrons. The molecule has 0 aliphatic heterocycles. The van der Waals surface area contributed by atoms with Crippen molar-refractivity contribution in [2.75, 3.05) is 11.1 Å². The van der Waals surface area contributed by atoms with Crippen LogP contribution in [0.1, 0.15) is 53.1 Å². The fraction of sp³-hybridized carbons (Fsp3) is 0.474. The number of nitrogens with one attached hydrogen (secondary N) is 1. The molecule has 0 radical (unpaired) electrons. The molecule has 0 saturated heterocycles. The van der Waals surface area contributed by atoms with Crippen LogP contribution >= 0.6 is 23.1 Å². The molecule has 1 amide bonds. The first kappa shape index (κ1) is 18.9. The van der Waals surface area contributed by atoms with Gasteiger partial charge in [0.05, 0.1) is 5.56 Å². The van der Waals surface area contributed by atoms with Crippen molar-refractivity contribution in [2.45, 2.75) is 57.5 Å². The molecule has 0 saturated carbocycles. The summed E-state index contributed by atoms with van der Waals surface area (Å²) in [6.07, 6.45) is 5.46. The number of rotatable bonds is 6. The van der Waals surface area contributed by atoms with Crippen molar-refractivity contribution < 1.29 is 4.79 Å². The predicted molar refractivity (Wildman–Crippen MR) is 106 cm³/mol. The molecule has 2 aromatic heterocycles. The second kappa shape index (κ2) is 8.65. The van der Waals surface area contributed by atoms with Gasteiger partial charge in [0, 0.05) is 28.4 Å². The van der Waals surface area contributed by atoms with Gasteiger partial charge in [0.15, 0.2) is 5.16 Å². The fourth-order valence-electron chi connectivity index (χ4n) is 3.12. The summed E-state index contributed by atoms with van der Waals surface area (Å²) in [6.45, 7) is 3.92. The van der Waals surface area contributed by atoms with Crippen molar-refractivity contribution in [1.82, 2.24) is 9.97 Å². The first-order chi connectivity index (χ1) is 12.6. The second-order valence-corrected chi connectivity index (χ2v) is 8.63. The molecule has 5 nitrogen and oxygen atoms in total. The van der Waals surface area contributed by atoms with E-state index in [-0.39, 0.29) is 5.91 Å². The topological polar surface area (TPSA) is 78.7 Å². The summed E-state index contributed by atoms with van der Waals surface area (Å²) in [5.74, 6) is 0.768. The molecule has 3 rings (SSSR count). The Morgan fingerprint density at radius 1 is 1.31 bits per heavy atom. The molecular formula is C19H22N4OS2. The highest BCUT2D eigenvalue weighted by molar-refractivity contribution is 7.99. The van der Waals surface area contributed by atoms with E-state index in [4.69, 9.17) is 0 Å².